The molecule has 0 bridgehead atoms. The minimum Gasteiger partial charge on any atom is -0.324 e. The maximum Gasteiger partial charge on any atom is 0.257 e. The number of hydrogen-bond donors (Lipinski definition) is 2. The molecule has 0 saturated heterocycles. The largest absolute Gasteiger partial charge is 0.324 e. The molecule has 4 rings (SSSR count). The molecule has 1 amide bonds. The molecule has 0 unspecified atom stereocenters. The van der Waals surface area contributed by atoms with Crippen LogP contribution in [-0.2, 0) is 0 Å². The van der Waals surface area contributed by atoms with Crippen LogP contribution in [0.25, 0.3) is 11.0 Å². The summed E-state index contributed by atoms with van der Waals surface area (Å²) in [6.07, 6.45) is 4.51. The van der Waals surface area contributed by atoms with Crippen LogP contribution in [0.15, 0.2) is 59.7 Å². The van der Waals surface area contributed by atoms with Crippen molar-refractivity contribution in [2.45, 2.75) is 12.8 Å². The highest BCUT2D eigenvalue weighted by Crippen LogP contribution is 2.21. The SMILES string of the molecule is O=C(Nc1nc2c(C(=O)CC3=NC=CC3)cccc2[nH]1)c1ccc(F)cc1. The highest BCUT2D eigenvalue weighted by molar-refractivity contribution is 6.15. The number of para-hydroxylation sites is 1. The Morgan fingerprint density at radius 3 is 2.70 bits per heavy atom. The van der Waals surface area contributed by atoms with Gasteiger partial charge in [0.1, 0.15) is 11.3 Å². The predicted molar refractivity (Wildman–Crippen MR) is 101 cm³/mol. The first-order valence-corrected chi connectivity index (χ1v) is 8.39. The Bertz CT molecular complexity index is 1100. The second-order valence-corrected chi connectivity index (χ2v) is 6.13. The number of H-pyrrole nitrogens is 1. The van der Waals surface area contributed by atoms with Gasteiger partial charge in [-0.05, 0) is 36.4 Å². The first-order chi connectivity index (χ1) is 13.1. The number of ketones is 1. The van der Waals surface area contributed by atoms with Crippen molar-refractivity contribution < 1.29 is 14.0 Å². The third-order valence-electron chi connectivity index (χ3n) is 4.23. The topological polar surface area (TPSA) is 87.2 Å². The van der Waals surface area contributed by atoms with E-state index < -0.39 is 11.7 Å². The number of hydrogen-bond acceptors (Lipinski definition) is 4. The number of anilines is 1. The number of benzene rings is 2. The molecule has 0 fully saturated rings. The van der Waals surface area contributed by atoms with E-state index in [0.717, 1.165) is 5.71 Å². The minimum atomic E-state index is -0.423. The van der Waals surface area contributed by atoms with Gasteiger partial charge in [0, 0.05) is 35.9 Å². The molecule has 134 valence electrons. The number of aliphatic imine (C=N–C) groups is 1. The number of nitrogens with one attached hydrogen (secondary N) is 2. The summed E-state index contributed by atoms with van der Waals surface area (Å²) in [6.45, 7) is 0. The molecular weight excluding hydrogens is 347 g/mol. The summed E-state index contributed by atoms with van der Waals surface area (Å²) in [4.78, 5) is 36.4. The monoisotopic (exact) mass is 362 g/mol. The number of imidazole rings is 1. The van der Waals surface area contributed by atoms with Crippen molar-refractivity contribution >= 4 is 34.4 Å². The van der Waals surface area contributed by atoms with Crippen molar-refractivity contribution in [3.05, 3.63) is 71.7 Å². The van der Waals surface area contributed by atoms with Gasteiger partial charge in [-0.3, -0.25) is 19.9 Å². The van der Waals surface area contributed by atoms with Crippen LogP contribution in [0.1, 0.15) is 33.6 Å². The zero-order valence-corrected chi connectivity index (χ0v) is 14.2. The van der Waals surface area contributed by atoms with Gasteiger partial charge in [0.15, 0.2) is 5.78 Å². The number of carbonyl (C=O) groups excluding carboxylic acids is 2. The average molecular weight is 362 g/mol. The van der Waals surface area contributed by atoms with E-state index >= 15 is 0 Å². The lowest BCUT2D eigenvalue weighted by molar-refractivity contribution is 0.0999. The van der Waals surface area contributed by atoms with E-state index in [0.29, 0.717) is 28.6 Å². The zero-order chi connectivity index (χ0) is 18.8. The van der Waals surface area contributed by atoms with Crippen LogP contribution in [0, 0.1) is 5.82 Å². The number of rotatable bonds is 5. The van der Waals surface area contributed by atoms with E-state index in [2.05, 4.69) is 20.3 Å². The first kappa shape index (κ1) is 16.8. The molecule has 27 heavy (non-hydrogen) atoms. The summed E-state index contributed by atoms with van der Waals surface area (Å²) in [5.74, 6) is -0.695. The van der Waals surface area contributed by atoms with Crippen LogP contribution >= 0.6 is 0 Å². The van der Waals surface area contributed by atoms with Crippen LogP contribution in [0.2, 0.25) is 0 Å². The molecule has 0 saturated carbocycles. The number of carbonyl (C=O) groups is 2. The summed E-state index contributed by atoms with van der Waals surface area (Å²) in [6, 6.07) is 10.4. The highest BCUT2D eigenvalue weighted by atomic mass is 19.1. The smallest absolute Gasteiger partial charge is 0.257 e. The highest BCUT2D eigenvalue weighted by Gasteiger charge is 2.17. The van der Waals surface area contributed by atoms with Crippen LogP contribution in [0.3, 0.4) is 0 Å². The normalized spacial score (nSPS) is 13.0. The van der Waals surface area contributed by atoms with E-state index in [1.807, 2.05) is 6.08 Å². The molecule has 0 aliphatic carbocycles. The van der Waals surface area contributed by atoms with Gasteiger partial charge in [0.05, 0.1) is 5.52 Å². The van der Waals surface area contributed by atoms with Crippen molar-refractivity contribution in [2.75, 3.05) is 5.32 Å². The Hall–Kier alpha value is -3.61. The van der Waals surface area contributed by atoms with Crippen molar-refractivity contribution in [1.82, 2.24) is 9.97 Å². The molecular formula is C20H15FN4O2. The number of allylic oxidation sites excluding steroid dienone is 1. The fraction of sp³-hybridized carbons (Fsp3) is 0.100. The Kier molecular flexibility index (Phi) is 4.33. The van der Waals surface area contributed by atoms with E-state index in [4.69, 9.17) is 0 Å². The van der Waals surface area contributed by atoms with Crippen LogP contribution < -0.4 is 5.32 Å². The number of aromatic amines is 1. The van der Waals surface area contributed by atoms with Gasteiger partial charge >= 0.3 is 0 Å². The molecule has 2 heterocycles. The van der Waals surface area contributed by atoms with E-state index in [1.54, 1.807) is 24.4 Å². The third kappa shape index (κ3) is 3.52. The average Bonchev–Trinajstić information content (AvgIpc) is 3.30. The zero-order valence-electron chi connectivity index (χ0n) is 14.2. The van der Waals surface area contributed by atoms with Gasteiger partial charge in [-0.15, -0.1) is 0 Å². The number of aromatic nitrogens is 2. The Morgan fingerprint density at radius 1 is 1.15 bits per heavy atom. The molecule has 2 N–H and O–H groups in total. The molecule has 0 atom stereocenters. The molecule has 0 spiro atoms. The lowest BCUT2D eigenvalue weighted by Gasteiger charge is -2.02. The van der Waals surface area contributed by atoms with Crippen LogP contribution in [-0.4, -0.2) is 27.4 Å². The second-order valence-electron chi connectivity index (χ2n) is 6.13. The van der Waals surface area contributed by atoms with Gasteiger partial charge in [-0.2, -0.15) is 0 Å². The van der Waals surface area contributed by atoms with Gasteiger partial charge in [-0.1, -0.05) is 12.1 Å². The molecule has 3 aromatic rings. The summed E-state index contributed by atoms with van der Waals surface area (Å²) in [5, 5.41) is 2.63. The van der Waals surface area contributed by atoms with Crippen molar-refractivity contribution in [3.8, 4) is 0 Å². The number of halogens is 1. The Morgan fingerprint density at radius 2 is 1.96 bits per heavy atom. The summed E-state index contributed by atoms with van der Waals surface area (Å²) in [5.41, 5.74) is 2.73. The fourth-order valence-electron chi connectivity index (χ4n) is 2.90. The third-order valence-corrected chi connectivity index (χ3v) is 4.23. The summed E-state index contributed by atoms with van der Waals surface area (Å²) < 4.78 is 13.0. The maximum atomic E-state index is 13.0. The number of nitrogens with zero attached hydrogens (tertiary/aromatic N) is 2. The second kappa shape index (κ2) is 6.95. The Labute approximate surface area is 153 Å². The minimum absolute atomic E-state index is 0.0778. The van der Waals surface area contributed by atoms with Crippen LogP contribution in [0.4, 0.5) is 10.3 Å². The van der Waals surface area contributed by atoms with E-state index in [9.17, 15) is 14.0 Å². The van der Waals surface area contributed by atoms with Crippen molar-refractivity contribution in [2.24, 2.45) is 4.99 Å². The molecule has 6 nitrogen and oxygen atoms in total. The molecule has 1 aliphatic heterocycles. The van der Waals surface area contributed by atoms with Gasteiger partial charge in [-0.25, -0.2) is 9.37 Å². The molecule has 0 radical (unpaired) electrons. The number of fused-ring (bicyclic) bond motifs is 1. The molecule has 7 heteroatoms. The summed E-state index contributed by atoms with van der Waals surface area (Å²) >= 11 is 0. The predicted octanol–water partition coefficient (Wildman–Crippen LogP) is 3.89. The molecule has 2 aromatic carbocycles. The summed E-state index contributed by atoms with van der Waals surface area (Å²) in [7, 11) is 0. The molecule has 1 aromatic heterocycles. The number of amides is 1. The molecule has 1 aliphatic rings. The maximum absolute atomic E-state index is 13.0. The van der Waals surface area contributed by atoms with E-state index in [-0.39, 0.29) is 18.2 Å². The number of Topliss-reactive ketones (excluding diaryl/α,β-unsaturated/α-hetero) is 1. The Balaban J connectivity index is 1.57. The van der Waals surface area contributed by atoms with Gasteiger partial charge in [0.25, 0.3) is 5.91 Å². The van der Waals surface area contributed by atoms with Crippen LogP contribution in [0.5, 0.6) is 0 Å². The van der Waals surface area contributed by atoms with Crippen molar-refractivity contribution in [3.63, 3.8) is 0 Å². The quantitative estimate of drug-likeness (QED) is 0.675. The van der Waals surface area contributed by atoms with Crippen molar-refractivity contribution in [1.29, 1.82) is 0 Å². The fourth-order valence-corrected chi connectivity index (χ4v) is 2.90. The van der Waals surface area contributed by atoms with E-state index in [1.165, 1.54) is 24.3 Å². The lowest BCUT2D eigenvalue weighted by atomic mass is 10.0. The van der Waals surface area contributed by atoms with Gasteiger partial charge < -0.3 is 4.98 Å². The first-order valence-electron chi connectivity index (χ1n) is 8.39. The lowest BCUT2D eigenvalue weighted by Crippen LogP contribution is -2.12. The standard InChI is InChI=1S/C20H15FN4O2/c21-13-8-6-12(7-9-13)19(27)25-20-23-16-5-1-4-15(18(16)24-20)17(26)11-14-3-2-10-22-14/h1-2,4-10H,3,11H2,(H2,23,24,25,27). The van der Waals surface area contributed by atoms with Gasteiger partial charge in [0.2, 0.25) is 5.95 Å².